The monoisotopic (exact) mass is 181 g/mol. The average molecular weight is 181 g/mol. The first kappa shape index (κ1) is 10.0. The van der Waals surface area contributed by atoms with Gasteiger partial charge in [0.15, 0.2) is 0 Å². The summed E-state index contributed by atoms with van der Waals surface area (Å²) in [4.78, 5) is 0. The fraction of sp³-hybridized carbons (Fsp3) is 0.727. The highest BCUT2D eigenvalue weighted by Crippen LogP contribution is 2.27. The predicted molar refractivity (Wildman–Crippen MR) is 58.7 cm³/mol. The van der Waals surface area contributed by atoms with E-state index in [0.29, 0.717) is 0 Å². The van der Waals surface area contributed by atoms with E-state index in [2.05, 4.69) is 38.7 Å². The number of allylic oxidation sites excluding steroid dienone is 2. The van der Waals surface area contributed by atoms with Crippen molar-refractivity contribution < 1.29 is 0 Å². The second-order valence-corrected chi connectivity index (χ2v) is 10.2. The molecule has 0 N–H and O–H groups in total. The molecule has 1 radical (unpaired) electrons. The van der Waals surface area contributed by atoms with Crippen molar-refractivity contribution in [1.29, 1.82) is 0 Å². The molecule has 1 aliphatic rings. The minimum Gasteiger partial charge on any atom is -0.0853 e. The largest absolute Gasteiger partial charge is 0.0853 e. The third-order valence-corrected chi connectivity index (χ3v) is 3.51. The van der Waals surface area contributed by atoms with Gasteiger partial charge in [0.25, 0.3) is 0 Å². The van der Waals surface area contributed by atoms with E-state index >= 15 is 0 Å². The zero-order valence-electron chi connectivity index (χ0n) is 8.85. The van der Waals surface area contributed by atoms with Crippen LogP contribution in [0.4, 0.5) is 0 Å². The highest BCUT2D eigenvalue weighted by Gasteiger charge is 2.19. The smallest absolute Gasteiger partial charge is 0.0521 e. The average Bonchev–Trinajstić information content (AvgIpc) is 1.82. The molecule has 0 aliphatic heterocycles. The quantitative estimate of drug-likeness (QED) is 0.568. The zero-order chi connectivity index (χ0) is 9.19. The first-order chi connectivity index (χ1) is 5.47. The molecule has 0 saturated heterocycles. The first-order valence-corrected chi connectivity index (χ1v) is 8.60. The van der Waals surface area contributed by atoms with Crippen LogP contribution in [0.15, 0.2) is 11.6 Å². The molecule has 1 heteroatoms. The van der Waals surface area contributed by atoms with Crippen LogP contribution in [0.5, 0.6) is 0 Å². The normalized spacial score (nSPS) is 25.3. The predicted octanol–water partition coefficient (Wildman–Crippen LogP) is 3.81. The summed E-state index contributed by atoms with van der Waals surface area (Å²) < 4.78 is 0. The molecular formula is C11H21Si. The van der Waals surface area contributed by atoms with E-state index in [1.165, 1.54) is 19.3 Å². The standard InChI is InChI=1S/C11H21Si/c1-10-6-5-7-11(8-10)9-12(2,3)4/h7,9-10H,5-6,8H2,1-4H3/t10-/m1/s1. The second-order valence-electron chi connectivity index (χ2n) is 5.18. The van der Waals surface area contributed by atoms with Crippen LogP contribution >= 0.6 is 0 Å². The molecule has 0 bridgehead atoms. The van der Waals surface area contributed by atoms with Crippen molar-refractivity contribution in [2.45, 2.75) is 45.8 Å². The second kappa shape index (κ2) is 3.78. The Morgan fingerprint density at radius 3 is 2.58 bits per heavy atom. The van der Waals surface area contributed by atoms with Crippen LogP contribution in [0.1, 0.15) is 26.2 Å². The molecule has 0 amide bonds. The Balaban J connectivity index is 2.47. The van der Waals surface area contributed by atoms with Crippen molar-refractivity contribution >= 4 is 8.07 Å². The van der Waals surface area contributed by atoms with Crippen molar-refractivity contribution in [3.05, 3.63) is 17.7 Å². The summed E-state index contributed by atoms with van der Waals surface area (Å²) in [6, 6.07) is 2.56. The van der Waals surface area contributed by atoms with E-state index in [1.807, 2.05) is 0 Å². The minimum absolute atomic E-state index is 0.914. The van der Waals surface area contributed by atoms with E-state index in [4.69, 9.17) is 0 Å². The lowest BCUT2D eigenvalue weighted by molar-refractivity contribution is 0.514. The zero-order valence-corrected chi connectivity index (χ0v) is 9.85. The van der Waals surface area contributed by atoms with E-state index in [9.17, 15) is 0 Å². The lowest BCUT2D eigenvalue weighted by Gasteiger charge is -2.23. The van der Waals surface area contributed by atoms with Crippen LogP contribution in [0.3, 0.4) is 0 Å². The lowest BCUT2D eigenvalue weighted by Crippen LogP contribution is -2.23. The van der Waals surface area contributed by atoms with Crippen LogP contribution in [0.2, 0.25) is 19.6 Å². The van der Waals surface area contributed by atoms with Crippen LogP contribution in [0, 0.1) is 12.0 Å². The molecule has 1 aliphatic carbocycles. The van der Waals surface area contributed by atoms with Crippen molar-refractivity contribution in [3.8, 4) is 0 Å². The van der Waals surface area contributed by atoms with E-state index in [1.54, 1.807) is 5.57 Å². The lowest BCUT2D eigenvalue weighted by atomic mass is 9.91. The molecular weight excluding hydrogens is 160 g/mol. The van der Waals surface area contributed by atoms with Crippen molar-refractivity contribution in [2.75, 3.05) is 0 Å². The minimum atomic E-state index is -0.968. The maximum atomic E-state index is 2.56. The summed E-state index contributed by atoms with van der Waals surface area (Å²) >= 11 is 0. The summed E-state index contributed by atoms with van der Waals surface area (Å²) in [5, 5.41) is 0. The molecule has 0 unspecified atom stereocenters. The maximum Gasteiger partial charge on any atom is 0.0521 e. The van der Waals surface area contributed by atoms with Gasteiger partial charge in [-0.15, -0.1) is 0 Å². The highest BCUT2D eigenvalue weighted by molar-refractivity contribution is 6.80. The Kier molecular flexibility index (Phi) is 3.16. The van der Waals surface area contributed by atoms with E-state index in [-0.39, 0.29) is 0 Å². The van der Waals surface area contributed by atoms with Crippen molar-refractivity contribution in [1.82, 2.24) is 0 Å². The van der Waals surface area contributed by atoms with Crippen molar-refractivity contribution in [2.24, 2.45) is 5.92 Å². The Morgan fingerprint density at radius 2 is 2.08 bits per heavy atom. The molecule has 12 heavy (non-hydrogen) atoms. The summed E-state index contributed by atoms with van der Waals surface area (Å²) in [6.45, 7) is 9.60. The molecule has 0 aromatic heterocycles. The van der Waals surface area contributed by atoms with Gasteiger partial charge in [0.1, 0.15) is 0 Å². The molecule has 0 fully saturated rings. The summed E-state index contributed by atoms with van der Waals surface area (Å²) in [5.41, 5.74) is 1.63. The van der Waals surface area contributed by atoms with Gasteiger partial charge in [-0.3, -0.25) is 0 Å². The Bertz CT molecular complexity index is 174. The molecule has 0 aromatic carbocycles. The van der Waals surface area contributed by atoms with Gasteiger partial charge in [0, 0.05) is 0 Å². The van der Waals surface area contributed by atoms with Crippen LogP contribution < -0.4 is 0 Å². The van der Waals surface area contributed by atoms with Gasteiger partial charge in [-0.05, 0) is 31.2 Å². The molecule has 69 valence electrons. The van der Waals surface area contributed by atoms with Crippen LogP contribution in [-0.4, -0.2) is 8.07 Å². The van der Waals surface area contributed by atoms with E-state index < -0.39 is 8.07 Å². The number of rotatable bonds is 2. The third kappa shape index (κ3) is 3.57. The third-order valence-electron chi connectivity index (χ3n) is 2.27. The van der Waals surface area contributed by atoms with Crippen LogP contribution in [-0.2, 0) is 0 Å². The molecule has 0 nitrogen and oxygen atoms in total. The van der Waals surface area contributed by atoms with Gasteiger partial charge in [0.2, 0.25) is 0 Å². The van der Waals surface area contributed by atoms with E-state index in [0.717, 1.165) is 5.92 Å². The number of hydrogen-bond donors (Lipinski definition) is 0. The Morgan fingerprint density at radius 1 is 1.42 bits per heavy atom. The van der Waals surface area contributed by atoms with Gasteiger partial charge in [-0.2, -0.15) is 0 Å². The summed E-state index contributed by atoms with van der Waals surface area (Å²) in [6.07, 6.45) is 6.46. The summed E-state index contributed by atoms with van der Waals surface area (Å²) in [7, 11) is -0.968. The highest BCUT2D eigenvalue weighted by atomic mass is 28.3. The maximum absolute atomic E-state index is 2.56. The molecule has 0 saturated carbocycles. The SMILES string of the molecule is C[C@@H]1CCC=C([CH][Si](C)(C)C)C1. The Labute approximate surface area is 78.1 Å². The van der Waals surface area contributed by atoms with Gasteiger partial charge in [-0.25, -0.2) is 0 Å². The van der Waals surface area contributed by atoms with Gasteiger partial charge in [-0.1, -0.05) is 38.2 Å². The molecule has 1 rings (SSSR count). The van der Waals surface area contributed by atoms with Gasteiger partial charge in [0.05, 0.1) is 8.07 Å². The molecule has 0 heterocycles. The molecule has 1 atom stereocenters. The number of hydrogen-bond acceptors (Lipinski definition) is 0. The molecule has 0 spiro atoms. The fourth-order valence-corrected chi connectivity index (χ4v) is 3.16. The molecule has 0 aromatic rings. The van der Waals surface area contributed by atoms with Gasteiger partial charge >= 0.3 is 0 Å². The van der Waals surface area contributed by atoms with Crippen LogP contribution in [0.25, 0.3) is 0 Å². The fourth-order valence-electron chi connectivity index (χ4n) is 1.82. The topological polar surface area (TPSA) is 0 Å². The summed E-state index contributed by atoms with van der Waals surface area (Å²) in [5.74, 6) is 0.914. The Hall–Kier alpha value is -0.0431. The van der Waals surface area contributed by atoms with Crippen molar-refractivity contribution in [3.63, 3.8) is 0 Å². The first-order valence-electron chi connectivity index (χ1n) is 5.02. The van der Waals surface area contributed by atoms with Gasteiger partial charge < -0.3 is 0 Å².